The minimum absolute atomic E-state index is 0.0750. The van der Waals surface area contributed by atoms with Crippen LogP contribution in [0.3, 0.4) is 0 Å². The molecule has 0 spiro atoms. The van der Waals surface area contributed by atoms with Crippen LogP contribution in [0.5, 0.6) is 0 Å². The Balaban J connectivity index is 1.53. The van der Waals surface area contributed by atoms with Crippen molar-refractivity contribution >= 4 is 23.2 Å². The lowest BCUT2D eigenvalue weighted by atomic mass is 10.1. The Hall–Kier alpha value is -2.95. The number of hydrogen-bond acceptors (Lipinski definition) is 3. The first-order valence-corrected chi connectivity index (χ1v) is 8.90. The van der Waals surface area contributed by atoms with Gasteiger partial charge in [0.1, 0.15) is 0 Å². The molecule has 1 aliphatic rings. The summed E-state index contributed by atoms with van der Waals surface area (Å²) in [6, 6.07) is 17.4. The van der Waals surface area contributed by atoms with Gasteiger partial charge in [-0.1, -0.05) is 42.5 Å². The Bertz CT molecular complexity index is 811. The third-order valence-corrected chi connectivity index (χ3v) is 4.33. The van der Waals surface area contributed by atoms with Crippen molar-refractivity contribution in [1.29, 1.82) is 0 Å². The number of hydrogen-bond donors (Lipinski definition) is 2. The number of carbonyl (C=O) groups is 2. The van der Waals surface area contributed by atoms with Crippen LogP contribution in [-0.4, -0.2) is 17.5 Å². The second kappa shape index (κ2) is 8.43. The van der Waals surface area contributed by atoms with E-state index >= 15 is 0 Å². The Labute approximate surface area is 153 Å². The number of nitrogens with zero attached hydrogens (tertiary/aromatic N) is 1. The van der Waals surface area contributed by atoms with Gasteiger partial charge in [0.2, 0.25) is 11.8 Å². The third kappa shape index (κ3) is 5.28. The molecule has 0 aliphatic heterocycles. The van der Waals surface area contributed by atoms with Gasteiger partial charge in [-0.05, 0) is 49.4 Å². The molecule has 1 fully saturated rings. The van der Waals surface area contributed by atoms with Crippen LogP contribution < -0.4 is 10.7 Å². The van der Waals surface area contributed by atoms with E-state index < -0.39 is 0 Å². The summed E-state index contributed by atoms with van der Waals surface area (Å²) in [5.41, 5.74) is 6.04. The van der Waals surface area contributed by atoms with Gasteiger partial charge in [-0.25, -0.2) is 5.43 Å². The molecule has 2 amide bonds. The second-order valence-corrected chi connectivity index (χ2v) is 6.56. The van der Waals surface area contributed by atoms with Crippen LogP contribution in [0.2, 0.25) is 0 Å². The maximum atomic E-state index is 12.0. The highest BCUT2D eigenvalue weighted by Gasteiger charge is 2.29. The predicted octanol–water partition coefficient (Wildman–Crippen LogP) is 3.51. The van der Waals surface area contributed by atoms with E-state index in [0.29, 0.717) is 18.6 Å². The summed E-state index contributed by atoms with van der Waals surface area (Å²) in [7, 11) is 0. The number of benzene rings is 2. The Morgan fingerprint density at radius 2 is 1.85 bits per heavy atom. The van der Waals surface area contributed by atoms with Crippen LogP contribution in [0.4, 0.5) is 5.69 Å². The maximum absolute atomic E-state index is 12.0. The van der Waals surface area contributed by atoms with Crippen LogP contribution in [0.1, 0.15) is 37.3 Å². The monoisotopic (exact) mass is 349 g/mol. The van der Waals surface area contributed by atoms with E-state index in [1.807, 2.05) is 61.5 Å². The number of amides is 2. The molecule has 1 aliphatic carbocycles. The van der Waals surface area contributed by atoms with Crippen molar-refractivity contribution in [2.45, 2.75) is 32.6 Å². The lowest BCUT2D eigenvalue weighted by Crippen LogP contribution is -2.19. The highest BCUT2D eigenvalue weighted by atomic mass is 16.2. The molecule has 0 aromatic heterocycles. The predicted molar refractivity (Wildman–Crippen MR) is 103 cm³/mol. The van der Waals surface area contributed by atoms with Gasteiger partial charge in [0.15, 0.2) is 0 Å². The van der Waals surface area contributed by atoms with E-state index in [9.17, 15) is 9.59 Å². The van der Waals surface area contributed by atoms with E-state index in [-0.39, 0.29) is 17.7 Å². The average Bonchev–Trinajstić information content (AvgIpc) is 3.51. The molecule has 2 aromatic rings. The van der Waals surface area contributed by atoms with Gasteiger partial charge >= 0.3 is 0 Å². The summed E-state index contributed by atoms with van der Waals surface area (Å²) in [4.78, 5) is 23.8. The molecular formula is C21H23N3O2. The van der Waals surface area contributed by atoms with E-state index in [0.717, 1.165) is 29.7 Å². The fourth-order valence-corrected chi connectivity index (χ4v) is 2.58. The summed E-state index contributed by atoms with van der Waals surface area (Å²) in [6.45, 7) is 1.83. The highest BCUT2D eigenvalue weighted by molar-refractivity contribution is 6.01. The van der Waals surface area contributed by atoms with Gasteiger partial charge in [-0.2, -0.15) is 5.10 Å². The Morgan fingerprint density at radius 3 is 2.58 bits per heavy atom. The fourth-order valence-electron chi connectivity index (χ4n) is 2.58. The van der Waals surface area contributed by atoms with Gasteiger partial charge in [0.25, 0.3) is 0 Å². The van der Waals surface area contributed by atoms with Gasteiger partial charge in [0, 0.05) is 18.0 Å². The molecular weight excluding hydrogens is 326 g/mol. The van der Waals surface area contributed by atoms with Gasteiger partial charge in [-0.3, -0.25) is 9.59 Å². The molecule has 134 valence electrons. The molecule has 5 heteroatoms. The Morgan fingerprint density at radius 1 is 1.08 bits per heavy atom. The van der Waals surface area contributed by atoms with Gasteiger partial charge in [0.05, 0.1) is 5.71 Å². The number of hydrazone groups is 1. The maximum Gasteiger partial charge on any atom is 0.240 e. The number of carbonyl (C=O) groups excluding carboxylic acids is 2. The zero-order valence-corrected chi connectivity index (χ0v) is 14.9. The first-order valence-electron chi connectivity index (χ1n) is 8.90. The molecule has 1 saturated carbocycles. The summed E-state index contributed by atoms with van der Waals surface area (Å²) < 4.78 is 0. The minimum atomic E-state index is -0.119. The standard InChI is InChI=1S/C21H23N3O2/c1-15(23-24-20(25)13-10-16-6-3-2-4-7-16)18-8-5-9-19(14-18)22-21(26)17-11-12-17/h2-9,14,17H,10-13H2,1H3,(H,22,26)(H,24,25)/b23-15-. The van der Waals surface area contributed by atoms with Crippen molar-refractivity contribution in [3.05, 3.63) is 65.7 Å². The summed E-state index contributed by atoms with van der Waals surface area (Å²) in [5.74, 6) is 0.120. The zero-order chi connectivity index (χ0) is 18.4. The highest BCUT2D eigenvalue weighted by Crippen LogP contribution is 2.30. The number of anilines is 1. The average molecular weight is 349 g/mol. The Kier molecular flexibility index (Phi) is 5.79. The molecule has 5 nitrogen and oxygen atoms in total. The molecule has 0 bridgehead atoms. The number of rotatable bonds is 7. The number of aryl methyl sites for hydroxylation is 1. The largest absolute Gasteiger partial charge is 0.326 e. The van der Waals surface area contributed by atoms with Crippen molar-refractivity contribution in [2.24, 2.45) is 11.0 Å². The molecule has 0 heterocycles. The second-order valence-electron chi connectivity index (χ2n) is 6.56. The molecule has 3 rings (SSSR count). The molecule has 0 saturated heterocycles. The smallest absolute Gasteiger partial charge is 0.240 e. The zero-order valence-electron chi connectivity index (χ0n) is 14.9. The van der Waals surface area contributed by atoms with Gasteiger partial charge < -0.3 is 5.32 Å². The summed E-state index contributed by atoms with van der Waals surface area (Å²) in [6.07, 6.45) is 3.02. The van der Waals surface area contributed by atoms with Crippen LogP contribution >= 0.6 is 0 Å². The quantitative estimate of drug-likeness (QED) is 0.593. The molecule has 26 heavy (non-hydrogen) atoms. The molecule has 2 N–H and O–H groups in total. The van der Waals surface area contributed by atoms with E-state index in [1.54, 1.807) is 0 Å². The first-order chi connectivity index (χ1) is 12.6. The summed E-state index contributed by atoms with van der Waals surface area (Å²) in [5, 5.41) is 7.10. The van der Waals surface area contributed by atoms with E-state index in [2.05, 4.69) is 15.8 Å². The van der Waals surface area contributed by atoms with E-state index in [1.165, 1.54) is 0 Å². The molecule has 0 radical (unpaired) electrons. The van der Waals surface area contributed by atoms with Crippen molar-refractivity contribution in [3.63, 3.8) is 0 Å². The van der Waals surface area contributed by atoms with Crippen molar-refractivity contribution in [3.8, 4) is 0 Å². The lowest BCUT2D eigenvalue weighted by molar-refractivity contribution is -0.121. The normalized spacial score (nSPS) is 14.0. The van der Waals surface area contributed by atoms with Crippen LogP contribution in [0.25, 0.3) is 0 Å². The van der Waals surface area contributed by atoms with Crippen molar-refractivity contribution < 1.29 is 9.59 Å². The van der Waals surface area contributed by atoms with Crippen LogP contribution in [0.15, 0.2) is 59.7 Å². The van der Waals surface area contributed by atoms with E-state index in [4.69, 9.17) is 0 Å². The number of nitrogens with one attached hydrogen (secondary N) is 2. The minimum Gasteiger partial charge on any atom is -0.326 e. The van der Waals surface area contributed by atoms with Crippen LogP contribution in [-0.2, 0) is 16.0 Å². The fraction of sp³-hybridized carbons (Fsp3) is 0.286. The first kappa shape index (κ1) is 17.9. The van der Waals surface area contributed by atoms with Gasteiger partial charge in [-0.15, -0.1) is 0 Å². The third-order valence-electron chi connectivity index (χ3n) is 4.33. The van der Waals surface area contributed by atoms with Crippen LogP contribution in [0, 0.1) is 5.92 Å². The van der Waals surface area contributed by atoms with Crippen molar-refractivity contribution in [1.82, 2.24) is 5.43 Å². The molecule has 0 unspecified atom stereocenters. The topological polar surface area (TPSA) is 70.6 Å². The molecule has 0 atom stereocenters. The molecule has 2 aromatic carbocycles. The SMILES string of the molecule is C/C(=N/NC(=O)CCc1ccccc1)c1cccc(NC(=O)C2CC2)c1. The lowest BCUT2D eigenvalue weighted by Gasteiger charge is -2.07. The van der Waals surface area contributed by atoms with Crippen molar-refractivity contribution in [2.75, 3.05) is 5.32 Å². The summed E-state index contributed by atoms with van der Waals surface area (Å²) >= 11 is 0.